The molecule has 1 unspecified atom stereocenters. The third kappa shape index (κ3) is 8.08. The van der Waals surface area contributed by atoms with E-state index in [0.29, 0.717) is 12.5 Å². The molecule has 8 heteroatoms. The second-order valence-corrected chi connectivity index (χ2v) is 6.36. The SMILES string of the molecule is CCC(=O)N1CCC(NC(=NC)NCCCOC2CCOCC2)C1.I. The minimum absolute atomic E-state index is 0. The molecule has 2 aliphatic heterocycles. The second kappa shape index (κ2) is 12.7. The molecule has 2 N–H and O–H groups in total. The molecule has 0 saturated carbocycles. The lowest BCUT2D eigenvalue weighted by Gasteiger charge is -2.22. The largest absolute Gasteiger partial charge is 0.381 e. The summed E-state index contributed by atoms with van der Waals surface area (Å²) in [5.41, 5.74) is 0. The Bertz CT molecular complexity index is 417. The van der Waals surface area contributed by atoms with Crippen LogP contribution in [0.15, 0.2) is 4.99 Å². The van der Waals surface area contributed by atoms with Gasteiger partial charge in [0.15, 0.2) is 5.96 Å². The summed E-state index contributed by atoms with van der Waals surface area (Å²) < 4.78 is 11.2. The van der Waals surface area contributed by atoms with Crippen molar-refractivity contribution in [1.82, 2.24) is 15.5 Å². The molecule has 0 aliphatic carbocycles. The summed E-state index contributed by atoms with van der Waals surface area (Å²) in [6.45, 7) is 6.73. The fourth-order valence-electron chi connectivity index (χ4n) is 3.09. The van der Waals surface area contributed by atoms with Crippen molar-refractivity contribution in [1.29, 1.82) is 0 Å². The Morgan fingerprint density at radius 1 is 1.32 bits per heavy atom. The van der Waals surface area contributed by atoms with Crippen LogP contribution in [0.5, 0.6) is 0 Å². The van der Waals surface area contributed by atoms with Crippen molar-refractivity contribution >= 4 is 35.8 Å². The Balaban J connectivity index is 0.00000312. The smallest absolute Gasteiger partial charge is 0.222 e. The molecule has 0 spiro atoms. The molecule has 1 amide bonds. The standard InChI is InChI=1S/C17H32N4O3.HI/c1-3-16(22)21-9-5-14(13-21)20-17(18-2)19-8-4-10-24-15-6-11-23-12-7-15;/h14-15H,3-13H2,1-2H3,(H2,18,19,20);1H. The number of hydrogen-bond donors (Lipinski definition) is 2. The van der Waals surface area contributed by atoms with Gasteiger partial charge in [0.2, 0.25) is 5.91 Å². The lowest BCUT2D eigenvalue weighted by Crippen LogP contribution is -2.45. The highest BCUT2D eigenvalue weighted by atomic mass is 127. The van der Waals surface area contributed by atoms with Crippen LogP contribution in [0.25, 0.3) is 0 Å². The number of amides is 1. The average molecular weight is 468 g/mol. The third-order valence-electron chi connectivity index (χ3n) is 4.54. The highest BCUT2D eigenvalue weighted by Crippen LogP contribution is 2.11. The first-order valence-corrected chi connectivity index (χ1v) is 9.17. The second-order valence-electron chi connectivity index (χ2n) is 6.36. The molecular formula is C17H33IN4O3. The molecule has 2 fully saturated rings. The van der Waals surface area contributed by atoms with E-state index in [2.05, 4.69) is 15.6 Å². The summed E-state index contributed by atoms with van der Waals surface area (Å²) in [6.07, 6.45) is 4.86. The molecule has 0 radical (unpaired) electrons. The maximum absolute atomic E-state index is 11.7. The van der Waals surface area contributed by atoms with E-state index in [1.54, 1.807) is 7.05 Å². The van der Waals surface area contributed by atoms with Crippen molar-refractivity contribution in [2.75, 3.05) is 46.5 Å². The van der Waals surface area contributed by atoms with Crippen molar-refractivity contribution in [3.63, 3.8) is 0 Å². The first-order valence-electron chi connectivity index (χ1n) is 9.17. The van der Waals surface area contributed by atoms with E-state index in [-0.39, 0.29) is 35.9 Å². The van der Waals surface area contributed by atoms with Crippen LogP contribution in [0.1, 0.15) is 39.0 Å². The highest BCUT2D eigenvalue weighted by molar-refractivity contribution is 14.0. The van der Waals surface area contributed by atoms with Gasteiger partial charge in [-0.15, -0.1) is 24.0 Å². The number of ether oxygens (including phenoxy) is 2. The lowest BCUT2D eigenvalue weighted by molar-refractivity contribution is -0.129. The molecule has 0 aromatic carbocycles. The molecule has 1 atom stereocenters. The molecule has 25 heavy (non-hydrogen) atoms. The zero-order valence-electron chi connectivity index (χ0n) is 15.5. The van der Waals surface area contributed by atoms with Crippen molar-refractivity contribution < 1.29 is 14.3 Å². The molecule has 0 aromatic heterocycles. The Hall–Kier alpha value is -0.610. The third-order valence-corrected chi connectivity index (χ3v) is 4.54. The number of carbonyl (C=O) groups excluding carboxylic acids is 1. The van der Waals surface area contributed by atoms with E-state index in [1.165, 1.54) is 0 Å². The minimum Gasteiger partial charge on any atom is -0.381 e. The number of hydrogen-bond acceptors (Lipinski definition) is 4. The summed E-state index contributed by atoms with van der Waals surface area (Å²) in [4.78, 5) is 17.9. The van der Waals surface area contributed by atoms with Gasteiger partial charge in [0.05, 0.1) is 6.10 Å². The first kappa shape index (κ1) is 22.4. The van der Waals surface area contributed by atoms with Gasteiger partial charge in [0.25, 0.3) is 0 Å². The van der Waals surface area contributed by atoms with E-state index >= 15 is 0 Å². The molecule has 2 saturated heterocycles. The van der Waals surface area contributed by atoms with Gasteiger partial charge >= 0.3 is 0 Å². The fourth-order valence-corrected chi connectivity index (χ4v) is 3.09. The molecule has 2 aliphatic rings. The number of halogens is 1. The maximum Gasteiger partial charge on any atom is 0.222 e. The van der Waals surface area contributed by atoms with Gasteiger partial charge in [-0.25, -0.2) is 0 Å². The number of carbonyl (C=O) groups is 1. The van der Waals surface area contributed by atoms with Crippen LogP contribution in [0.2, 0.25) is 0 Å². The van der Waals surface area contributed by atoms with Gasteiger partial charge < -0.3 is 25.0 Å². The highest BCUT2D eigenvalue weighted by Gasteiger charge is 2.25. The van der Waals surface area contributed by atoms with Gasteiger partial charge in [-0.2, -0.15) is 0 Å². The molecule has 0 bridgehead atoms. The number of nitrogens with zero attached hydrogens (tertiary/aromatic N) is 2. The molecule has 2 rings (SSSR count). The Morgan fingerprint density at radius 2 is 2.08 bits per heavy atom. The van der Waals surface area contributed by atoms with Crippen LogP contribution >= 0.6 is 24.0 Å². The van der Waals surface area contributed by atoms with Gasteiger partial charge in [0, 0.05) is 59.0 Å². The van der Waals surface area contributed by atoms with E-state index in [9.17, 15) is 4.79 Å². The summed E-state index contributed by atoms with van der Waals surface area (Å²) in [6, 6.07) is 0.283. The quantitative estimate of drug-likeness (QED) is 0.256. The number of nitrogens with one attached hydrogen (secondary N) is 2. The normalized spacial score (nSPS) is 21.8. The molecular weight excluding hydrogens is 435 g/mol. The number of likely N-dealkylation sites (tertiary alicyclic amines) is 1. The van der Waals surface area contributed by atoms with Crippen LogP contribution in [0, 0.1) is 0 Å². The predicted octanol–water partition coefficient (Wildman–Crippen LogP) is 1.37. The van der Waals surface area contributed by atoms with Crippen LogP contribution in [0.4, 0.5) is 0 Å². The number of aliphatic imine (C=N–C) groups is 1. The Morgan fingerprint density at radius 3 is 2.76 bits per heavy atom. The Labute approximate surface area is 168 Å². The van der Waals surface area contributed by atoms with E-state index in [4.69, 9.17) is 9.47 Å². The van der Waals surface area contributed by atoms with Crippen molar-refractivity contribution in [2.24, 2.45) is 4.99 Å². The minimum atomic E-state index is 0. The summed E-state index contributed by atoms with van der Waals surface area (Å²) in [7, 11) is 1.78. The van der Waals surface area contributed by atoms with Crippen LogP contribution < -0.4 is 10.6 Å². The van der Waals surface area contributed by atoms with Gasteiger partial charge in [-0.1, -0.05) is 6.92 Å². The van der Waals surface area contributed by atoms with Gasteiger partial charge in [0.1, 0.15) is 0 Å². The first-order chi connectivity index (χ1) is 11.7. The molecule has 2 heterocycles. The van der Waals surface area contributed by atoms with Gasteiger partial charge in [-0.05, 0) is 25.7 Å². The molecule has 146 valence electrons. The monoisotopic (exact) mass is 468 g/mol. The fraction of sp³-hybridized carbons (Fsp3) is 0.882. The molecule has 0 aromatic rings. The number of guanidine groups is 1. The summed E-state index contributed by atoms with van der Waals surface area (Å²) >= 11 is 0. The zero-order chi connectivity index (χ0) is 17.2. The van der Waals surface area contributed by atoms with Crippen molar-refractivity contribution in [3.05, 3.63) is 0 Å². The lowest BCUT2D eigenvalue weighted by atomic mass is 10.1. The van der Waals surface area contributed by atoms with E-state index < -0.39 is 0 Å². The van der Waals surface area contributed by atoms with Crippen molar-refractivity contribution in [2.45, 2.75) is 51.2 Å². The van der Waals surface area contributed by atoms with Crippen LogP contribution in [-0.4, -0.2) is 75.4 Å². The van der Waals surface area contributed by atoms with Crippen LogP contribution in [-0.2, 0) is 14.3 Å². The van der Waals surface area contributed by atoms with E-state index in [1.807, 2.05) is 11.8 Å². The van der Waals surface area contributed by atoms with E-state index in [0.717, 1.165) is 71.1 Å². The average Bonchev–Trinajstić information content (AvgIpc) is 3.09. The van der Waals surface area contributed by atoms with Crippen LogP contribution in [0.3, 0.4) is 0 Å². The van der Waals surface area contributed by atoms with Crippen molar-refractivity contribution in [3.8, 4) is 0 Å². The summed E-state index contributed by atoms with van der Waals surface area (Å²) in [5, 5.41) is 6.73. The van der Waals surface area contributed by atoms with Gasteiger partial charge in [-0.3, -0.25) is 9.79 Å². The summed E-state index contributed by atoms with van der Waals surface area (Å²) in [5.74, 6) is 1.03. The predicted molar refractivity (Wildman–Crippen MR) is 110 cm³/mol. The maximum atomic E-state index is 11.7. The number of rotatable bonds is 7. The molecule has 7 nitrogen and oxygen atoms in total. The zero-order valence-corrected chi connectivity index (χ0v) is 17.8. The Kier molecular flexibility index (Phi) is 11.4. The topological polar surface area (TPSA) is 75.2 Å².